The zero-order valence-electron chi connectivity index (χ0n) is 13.4. The number of benzene rings is 1. The molecule has 1 aliphatic heterocycles. The summed E-state index contributed by atoms with van der Waals surface area (Å²) in [5.41, 5.74) is 0.752. The Kier molecular flexibility index (Phi) is 5.10. The Labute approximate surface area is 144 Å². The fourth-order valence-electron chi connectivity index (χ4n) is 3.21. The van der Waals surface area contributed by atoms with Gasteiger partial charge in [0.1, 0.15) is 11.9 Å². The van der Waals surface area contributed by atoms with Crippen molar-refractivity contribution in [2.75, 3.05) is 11.4 Å². The summed E-state index contributed by atoms with van der Waals surface area (Å²) >= 11 is 0. The number of hydrogen-bond donors (Lipinski definition) is 1. The number of nitrogens with zero attached hydrogens (tertiary/aromatic N) is 1. The van der Waals surface area contributed by atoms with E-state index in [0.29, 0.717) is 12.2 Å². The molecular weight excluding hydrogens is 352 g/mol. The van der Waals surface area contributed by atoms with E-state index in [2.05, 4.69) is 4.90 Å². The van der Waals surface area contributed by atoms with E-state index in [9.17, 15) is 22.3 Å². The van der Waals surface area contributed by atoms with Crippen molar-refractivity contribution in [3.05, 3.63) is 48.4 Å². The molecule has 8 heteroatoms. The molecule has 3 rings (SSSR count). The van der Waals surface area contributed by atoms with E-state index in [4.69, 9.17) is 4.42 Å². The molecule has 136 valence electrons. The summed E-state index contributed by atoms with van der Waals surface area (Å²) in [7, 11) is -4.58. The quantitative estimate of drug-likeness (QED) is 0.843. The molecule has 2 heterocycles. The number of alkyl halides is 2. The molecule has 1 aromatic carbocycles. The van der Waals surface area contributed by atoms with Crippen molar-refractivity contribution in [3.8, 4) is 0 Å². The van der Waals surface area contributed by atoms with Gasteiger partial charge in [0.05, 0.1) is 11.2 Å². The summed E-state index contributed by atoms with van der Waals surface area (Å²) in [6, 6.07) is 8.98. The van der Waals surface area contributed by atoms with Gasteiger partial charge in [0, 0.05) is 24.7 Å². The summed E-state index contributed by atoms with van der Waals surface area (Å²) in [5, 5.41) is 10.3. The number of rotatable bonds is 6. The Morgan fingerprint density at radius 3 is 2.56 bits per heavy atom. The largest absolute Gasteiger partial charge is 0.467 e. The van der Waals surface area contributed by atoms with Gasteiger partial charge in [-0.05, 0) is 49.2 Å². The predicted molar refractivity (Wildman–Crippen MR) is 88.3 cm³/mol. The van der Waals surface area contributed by atoms with Gasteiger partial charge in [-0.25, -0.2) is 8.42 Å². The Bertz CT molecular complexity index is 791. The zero-order valence-corrected chi connectivity index (χ0v) is 14.2. The Morgan fingerprint density at radius 2 is 1.96 bits per heavy atom. The van der Waals surface area contributed by atoms with Crippen LogP contribution in [-0.2, 0) is 9.84 Å². The molecule has 2 unspecified atom stereocenters. The van der Waals surface area contributed by atoms with Gasteiger partial charge in [0.25, 0.3) is 0 Å². The van der Waals surface area contributed by atoms with Crippen LogP contribution < -0.4 is 4.90 Å². The Hall–Kier alpha value is -1.93. The smallest absolute Gasteiger partial charge is 0.341 e. The van der Waals surface area contributed by atoms with Gasteiger partial charge in [-0.2, -0.15) is 8.78 Å². The van der Waals surface area contributed by atoms with Crippen molar-refractivity contribution < 1.29 is 26.7 Å². The second-order valence-corrected chi connectivity index (χ2v) is 7.97. The van der Waals surface area contributed by atoms with Crippen molar-refractivity contribution in [2.24, 2.45) is 0 Å². The van der Waals surface area contributed by atoms with Crippen LogP contribution in [-0.4, -0.2) is 31.9 Å². The number of halogens is 2. The third kappa shape index (κ3) is 3.69. The molecule has 25 heavy (non-hydrogen) atoms. The molecular formula is C17H19F2NO4S. The van der Waals surface area contributed by atoms with E-state index >= 15 is 0 Å². The van der Waals surface area contributed by atoms with Crippen LogP contribution in [0, 0.1) is 0 Å². The maximum absolute atomic E-state index is 12.6. The molecule has 0 radical (unpaired) electrons. The first-order valence-corrected chi connectivity index (χ1v) is 9.54. The van der Waals surface area contributed by atoms with Crippen molar-refractivity contribution in [3.63, 3.8) is 0 Å². The maximum atomic E-state index is 12.6. The number of furan rings is 1. The second kappa shape index (κ2) is 7.13. The fraction of sp³-hybridized carbons (Fsp3) is 0.412. The van der Waals surface area contributed by atoms with E-state index in [1.165, 1.54) is 30.5 Å². The van der Waals surface area contributed by atoms with Crippen LogP contribution in [0.25, 0.3) is 0 Å². The molecule has 5 nitrogen and oxygen atoms in total. The van der Waals surface area contributed by atoms with E-state index in [0.717, 1.165) is 25.1 Å². The zero-order chi connectivity index (χ0) is 18.0. The molecule has 0 amide bonds. The average Bonchev–Trinajstić information content (AvgIpc) is 3.26. The first-order chi connectivity index (χ1) is 11.9. The van der Waals surface area contributed by atoms with Crippen LogP contribution in [0.4, 0.5) is 14.5 Å². The maximum Gasteiger partial charge on any atom is 0.341 e. The first kappa shape index (κ1) is 17.9. The van der Waals surface area contributed by atoms with E-state index < -0.39 is 26.6 Å². The van der Waals surface area contributed by atoms with E-state index in [-0.39, 0.29) is 6.04 Å². The topological polar surface area (TPSA) is 70.8 Å². The lowest BCUT2D eigenvalue weighted by Crippen LogP contribution is -2.30. The van der Waals surface area contributed by atoms with E-state index in [1.807, 2.05) is 0 Å². The average molecular weight is 371 g/mol. The molecule has 0 saturated carbocycles. The van der Waals surface area contributed by atoms with Crippen molar-refractivity contribution in [2.45, 2.75) is 42.1 Å². The molecule has 1 saturated heterocycles. The first-order valence-electron chi connectivity index (χ1n) is 8.00. The van der Waals surface area contributed by atoms with Crippen LogP contribution in [0.2, 0.25) is 0 Å². The summed E-state index contributed by atoms with van der Waals surface area (Å²) < 4.78 is 53.4. The minimum Gasteiger partial charge on any atom is -0.467 e. The predicted octanol–water partition coefficient (Wildman–Crippen LogP) is 3.37. The standard InChI is InChI=1S/C17H19F2NO4S/c18-17(19)25(22,23)14-7-5-12(6-8-14)20-9-1-3-13(20)11-15(21)16-4-2-10-24-16/h2,4-8,10,13,15,17,21H,1,3,9,11H2. The van der Waals surface area contributed by atoms with Crippen LogP contribution >= 0.6 is 0 Å². The van der Waals surface area contributed by atoms with Crippen LogP contribution in [0.1, 0.15) is 31.1 Å². The minimum atomic E-state index is -4.58. The number of anilines is 1. The molecule has 1 N–H and O–H groups in total. The fourth-order valence-corrected chi connectivity index (χ4v) is 3.93. The molecule has 1 fully saturated rings. The highest BCUT2D eigenvalue weighted by Gasteiger charge is 2.30. The summed E-state index contributed by atoms with van der Waals surface area (Å²) in [6.07, 6.45) is 3.08. The van der Waals surface area contributed by atoms with Gasteiger partial charge < -0.3 is 14.4 Å². The number of aliphatic hydroxyl groups excluding tert-OH is 1. The molecule has 1 aromatic heterocycles. The monoisotopic (exact) mass is 371 g/mol. The SMILES string of the molecule is O=S(=O)(c1ccc(N2CCCC2CC(O)c2ccco2)cc1)C(F)F. The van der Waals surface area contributed by atoms with E-state index in [1.54, 1.807) is 12.1 Å². The lowest BCUT2D eigenvalue weighted by molar-refractivity contribution is 0.132. The highest BCUT2D eigenvalue weighted by Crippen LogP contribution is 2.32. The highest BCUT2D eigenvalue weighted by molar-refractivity contribution is 7.91. The molecule has 2 atom stereocenters. The molecule has 2 aromatic rings. The number of hydrogen-bond acceptors (Lipinski definition) is 5. The van der Waals surface area contributed by atoms with Gasteiger partial charge in [0.15, 0.2) is 0 Å². The lowest BCUT2D eigenvalue weighted by atomic mass is 10.0. The van der Waals surface area contributed by atoms with Crippen molar-refractivity contribution >= 4 is 15.5 Å². The van der Waals surface area contributed by atoms with Gasteiger partial charge >= 0.3 is 5.76 Å². The molecule has 1 aliphatic rings. The van der Waals surface area contributed by atoms with Crippen LogP contribution in [0.5, 0.6) is 0 Å². The summed E-state index contributed by atoms with van der Waals surface area (Å²) in [4.78, 5) is 1.67. The third-order valence-corrected chi connectivity index (χ3v) is 5.87. The summed E-state index contributed by atoms with van der Waals surface area (Å²) in [6.45, 7) is 0.760. The lowest BCUT2D eigenvalue weighted by Gasteiger charge is -2.28. The van der Waals surface area contributed by atoms with Crippen molar-refractivity contribution in [1.82, 2.24) is 0 Å². The highest BCUT2D eigenvalue weighted by atomic mass is 32.2. The normalized spacial score (nSPS) is 19.5. The second-order valence-electron chi connectivity index (χ2n) is 6.06. The summed E-state index contributed by atoms with van der Waals surface area (Å²) in [5.74, 6) is -2.92. The molecule has 0 bridgehead atoms. The Balaban J connectivity index is 1.74. The minimum absolute atomic E-state index is 0.0673. The van der Waals surface area contributed by atoms with Gasteiger partial charge in [-0.3, -0.25) is 0 Å². The van der Waals surface area contributed by atoms with Crippen LogP contribution in [0.15, 0.2) is 52.0 Å². The van der Waals surface area contributed by atoms with Crippen molar-refractivity contribution in [1.29, 1.82) is 0 Å². The third-order valence-electron chi connectivity index (χ3n) is 4.48. The van der Waals surface area contributed by atoms with Crippen LogP contribution in [0.3, 0.4) is 0 Å². The van der Waals surface area contributed by atoms with Gasteiger partial charge in [-0.1, -0.05) is 0 Å². The Morgan fingerprint density at radius 1 is 1.24 bits per heavy atom. The molecule has 0 spiro atoms. The van der Waals surface area contributed by atoms with Gasteiger partial charge in [-0.15, -0.1) is 0 Å². The number of aliphatic hydroxyl groups is 1. The van der Waals surface area contributed by atoms with Gasteiger partial charge in [0.2, 0.25) is 9.84 Å². The number of sulfone groups is 1. The molecule has 0 aliphatic carbocycles.